The third-order valence-electron chi connectivity index (χ3n) is 4.33. The fourth-order valence-electron chi connectivity index (χ4n) is 2.83. The molecule has 1 atom stereocenters. The van der Waals surface area contributed by atoms with Gasteiger partial charge in [-0.25, -0.2) is 0 Å². The quantitative estimate of drug-likeness (QED) is 0.841. The molecule has 1 fully saturated rings. The molecule has 2 rings (SSSR count). The molecular formula is C17H28BrN3. The zero-order chi connectivity index (χ0) is 15.2. The molecule has 1 saturated heterocycles. The van der Waals surface area contributed by atoms with Gasteiger partial charge < -0.3 is 15.1 Å². The average molecular weight is 354 g/mol. The maximum Gasteiger partial charge on any atom is 0.0511 e. The SMILES string of the molecule is CCCNC(C)c1ccc(N2CCN(CC)CC2)c(Br)c1. The van der Waals surface area contributed by atoms with E-state index < -0.39 is 0 Å². The highest BCUT2D eigenvalue weighted by atomic mass is 79.9. The molecule has 118 valence electrons. The van der Waals surface area contributed by atoms with E-state index in [0.717, 1.165) is 26.2 Å². The molecule has 4 heteroatoms. The molecule has 0 spiro atoms. The minimum atomic E-state index is 0.409. The van der Waals surface area contributed by atoms with Gasteiger partial charge in [-0.2, -0.15) is 0 Å². The van der Waals surface area contributed by atoms with Gasteiger partial charge in [-0.3, -0.25) is 0 Å². The van der Waals surface area contributed by atoms with Crippen LogP contribution < -0.4 is 10.2 Å². The van der Waals surface area contributed by atoms with Crippen molar-refractivity contribution in [3.63, 3.8) is 0 Å². The van der Waals surface area contributed by atoms with Crippen LogP contribution in [0.15, 0.2) is 22.7 Å². The maximum absolute atomic E-state index is 3.77. The first-order valence-electron chi connectivity index (χ1n) is 8.15. The van der Waals surface area contributed by atoms with Crippen LogP contribution in [0.3, 0.4) is 0 Å². The Morgan fingerprint density at radius 2 is 1.90 bits per heavy atom. The van der Waals surface area contributed by atoms with Gasteiger partial charge in [0, 0.05) is 36.7 Å². The van der Waals surface area contributed by atoms with E-state index in [1.54, 1.807) is 0 Å². The van der Waals surface area contributed by atoms with Crippen molar-refractivity contribution in [2.24, 2.45) is 0 Å². The smallest absolute Gasteiger partial charge is 0.0511 e. The molecule has 1 aromatic carbocycles. The third kappa shape index (κ3) is 4.44. The number of nitrogens with one attached hydrogen (secondary N) is 1. The molecule has 1 aromatic rings. The lowest BCUT2D eigenvalue weighted by Crippen LogP contribution is -2.46. The number of hydrogen-bond donors (Lipinski definition) is 1. The van der Waals surface area contributed by atoms with Crippen molar-refractivity contribution >= 4 is 21.6 Å². The van der Waals surface area contributed by atoms with Crippen LogP contribution in [-0.4, -0.2) is 44.2 Å². The zero-order valence-electron chi connectivity index (χ0n) is 13.5. The second-order valence-corrected chi connectivity index (χ2v) is 6.66. The first kappa shape index (κ1) is 16.8. The molecule has 0 amide bonds. The van der Waals surface area contributed by atoms with Crippen molar-refractivity contribution < 1.29 is 0 Å². The predicted molar refractivity (Wildman–Crippen MR) is 95.2 cm³/mol. The summed E-state index contributed by atoms with van der Waals surface area (Å²) in [5, 5.41) is 3.55. The lowest BCUT2D eigenvalue weighted by atomic mass is 10.1. The van der Waals surface area contributed by atoms with E-state index in [0.29, 0.717) is 6.04 Å². The summed E-state index contributed by atoms with van der Waals surface area (Å²) < 4.78 is 1.22. The van der Waals surface area contributed by atoms with Gasteiger partial charge in [0.15, 0.2) is 0 Å². The van der Waals surface area contributed by atoms with E-state index in [4.69, 9.17) is 0 Å². The molecule has 0 aliphatic carbocycles. The summed E-state index contributed by atoms with van der Waals surface area (Å²) >= 11 is 3.77. The van der Waals surface area contributed by atoms with E-state index in [2.05, 4.69) is 70.0 Å². The molecule has 0 radical (unpaired) electrons. The molecular weight excluding hydrogens is 326 g/mol. The molecule has 0 aromatic heterocycles. The highest BCUT2D eigenvalue weighted by molar-refractivity contribution is 9.10. The number of rotatable bonds is 6. The lowest BCUT2D eigenvalue weighted by Gasteiger charge is -2.36. The standard InChI is InChI=1S/C17H28BrN3/c1-4-8-19-14(3)15-6-7-17(16(18)13-15)21-11-9-20(5-2)10-12-21/h6-7,13-14,19H,4-5,8-12H2,1-3H3. The first-order chi connectivity index (χ1) is 10.2. The topological polar surface area (TPSA) is 18.5 Å². The summed E-state index contributed by atoms with van der Waals surface area (Å²) in [6.07, 6.45) is 1.17. The molecule has 1 aliphatic heterocycles. The van der Waals surface area contributed by atoms with Crippen LogP contribution in [0.1, 0.15) is 38.8 Å². The highest BCUT2D eigenvalue weighted by Crippen LogP contribution is 2.30. The van der Waals surface area contributed by atoms with Crippen LogP contribution in [0.2, 0.25) is 0 Å². The number of halogens is 1. The summed E-state index contributed by atoms with van der Waals surface area (Å²) in [6.45, 7) is 13.5. The largest absolute Gasteiger partial charge is 0.368 e. The molecule has 1 N–H and O–H groups in total. The average Bonchev–Trinajstić information content (AvgIpc) is 2.52. The van der Waals surface area contributed by atoms with Crippen LogP contribution in [-0.2, 0) is 0 Å². The predicted octanol–water partition coefficient (Wildman–Crippen LogP) is 3.65. The summed E-state index contributed by atoms with van der Waals surface area (Å²) in [6, 6.07) is 7.21. The van der Waals surface area contributed by atoms with Crippen molar-refractivity contribution in [1.82, 2.24) is 10.2 Å². The Bertz CT molecular complexity index is 442. The van der Waals surface area contributed by atoms with Crippen LogP contribution >= 0.6 is 15.9 Å². The van der Waals surface area contributed by atoms with Gasteiger partial charge in [0.1, 0.15) is 0 Å². The van der Waals surface area contributed by atoms with Crippen LogP contribution in [0.4, 0.5) is 5.69 Å². The van der Waals surface area contributed by atoms with Crippen molar-refractivity contribution in [2.75, 3.05) is 44.2 Å². The van der Waals surface area contributed by atoms with E-state index in [1.165, 1.54) is 35.2 Å². The number of likely N-dealkylation sites (N-methyl/N-ethyl adjacent to an activating group) is 1. The summed E-state index contributed by atoms with van der Waals surface area (Å²) in [7, 11) is 0. The first-order valence-corrected chi connectivity index (χ1v) is 8.95. The van der Waals surface area contributed by atoms with Gasteiger partial charge >= 0.3 is 0 Å². The Hall–Kier alpha value is -0.580. The van der Waals surface area contributed by atoms with E-state index in [9.17, 15) is 0 Å². The molecule has 1 aliphatic rings. The van der Waals surface area contributed by atoms with E-state index in [1.807, 2.05) is 0 Å². The van der Waals surface area contributed by atoms with Crippen LogP contribution in [0, 0.1) is 0 Å². The van der Waals surface area contributed by atoms with Gasteiger partial charge in [0.2, 0.25) is 0 Å². The second kappa shape index (κ2) is 8.16. The number of anilines is 1. The monoisotopic (exact) mass is 353 g/mol. The normalized spacial score (nSPS) is 18.0. The van der Waals surface area contributed by atoms with Gasteiger partial charge in [0.05, 0.1) is 5.69 Å². The molecule has 1 unspecified atom stereocenters. The van der Waals surface area contributed by atoms with Crippen molar-refractivity contribution in [2.45, 2.75) is 33.2 Å². The zero-order valence-corrected chi connectivity index (χ0v) is 15.1. The molecule has 0 saturated carbocycles. The number of benzene rings is 1. The summed E-state index contributed by atoms with van der Waals surface area (Å²) in [5.41, 5.74) is 2.68. The van der Waals surface area contributed by atoms with Crippen molar-refractivity contribution in [3.8, 4) is 0 Å². The Morgan fingerprint density at radius 3 is 2.48 bits per heavy atom. The third-order valence-corrected chi connectivity index (χ3v) is 4.97. The Morgan fingerprint density at radius 1 is 1.19 bits per heavy atom. The molecule has 0 bridgehead atoms. The second-order valence-electron chi connectivity index (χ2n) is 5.81. The number of hydrogen-bond acceptors (Lipinski definition) is 3. The number of piperazine rings is 1. The fourth-order valence-corrected chi connectivity index (χ4v) is 3.48. The van der Waals surface area contributed by atoms with Gasteiger partial charge in [-0.15, -0.1) is 0 Å². The highest BCUT2D eigenvalue weighted by Gasteiger charge is 2.18. The van der Waals surface area contributed by atoms with Gasteiger partial charge in [-0.05, 0) is 60.1 Å². The van der Waals surface area contributed by atoms with Crippen LogP contribution in [0.5, 0.6) is 0 Å². The maximum atomic E-state index is 3.77. The Kier molecular flexibility index (Phi) is 6.52. The summed E-state index contributed by atoms with van der Waals surface area (Å²) in [4.78, 5) is 5.00. The van der Waals surface area contributed by atoms with Gasteiger partial charge in [0.25, 0.3) is 0 Å². The summed E-state index contributed by atoms with van der Waals surface area (Å²) in [5.74, 6) is 0. The molecule has 3 nitrogen and oxygen atoms in total. The van der Waals surface area contributed by atoms with Crippen LogP contribution in [0.25, 0.3) is 0 Å². The van der Waals surface area contributed by atoms with E-state index in [-0.39, 0.29) is 0 Å². The van der Waals surface area contributed by atoms with E-state index >= 15 is 0 Å². The minimum Gasteiger partial charge on any atom is -0.368 e. The number of nitrogens with zero attached hydrogens (tertiary/aromatic N) is 2. The Labute approximate surface area is 137 Å². The lowest BCUT2D eigenvalue weighted by molar-refractivity contribution is 0.271. The Balaban J connectivity index is 2.02. The molecule has 1 heterocycles. The fraction of sp³-hybridized carbons (Fsp3) is 0.647. The van der Waals surface area contributed by atoms with Crippen molar-refractivity contribution in [3.05, 3.63) is 28.2 Å². The minimum absolute atomic E-state index is 0.409. The van der Waals surface area contributed by atoms with Crippen molar-refractivity contribution in [1.29, 1.82) is 0 Å². The molecule has 21 heavy (non-hydrogen) atoms. The van der Waals surface area contributed by atoms with Gasteiger partial charge in [-0.1, -0.05) is 19.9 Å².